The van der Waals surface area contributed by atoms with Crippen molar-refractivity contribution in [2.24, 2.45) is 11.8 Å². The average Bonchev–Trinajstić information content (AvgIpc) is 2.81. The number of halogens is 2. The zero-order valence-corrected chi connectivity index (χ0v) is 22.2. The van der Waals surface area contributed by atoms with Gasteiger partial charge in [0.1, 0.15) is 5.82 Å². The molecule has 1 fully saturated rings. The maximum atomic E-state index is 12.6. The Morgan fingerprint density at radius 3 is 2.23 bits per heavy atom. The molecule has 0 bridgehead atoms. The number of nitrogens with zero attached hydrogens (tertiary/aromatic N) is 2. The largest absolute Gasteiger partial charge is 0.367 e. The van der Waals surface area contributed by atoms with E-state index in [1.54, 1.807) is 0 Å². The summed E-state index contributed by atoms with van der Waals surface area (Å²) in [5, 5.41) is 8.45. The highest BCUT2D eigenvalue weighted by atomic mass is 35.5. The molecule has 2 aromatic carbocycles. The standard InChI is InChI=1S/C25H31Cl2N5O2S/c1-16(2)30-24-22-5-3-4-6-23(22)31-25(32-24)28-14-17-7-9-18(10-8-17)15-29-35(33,34)21-12-19(26)11-20(27)13-21/h3-6,11-13,16-18,29H,7-10,14-15H2,1-2H3,(H2,28,30,31,32). The van der Waals surface area contributed by atoms with Crippen LogP contribution in [0.25, 0.3) is 10.9 Å². The quantitative estimate of drug-likeness (QED) is 0.313. The van der Waals surface area contributed by atoms with Crippen LogP contribution in [-0.4, -0.2) is 37.5 Å². The summed E-state index contributed by atoms with van der Waals surface area (Å²) in [6, 6.07) is 12.6. The maximum Gasteiger partial charge on any atom is 0.240 e. The number of fused-ring (bicyclic) bond motifs is 1. The second kappa shape index (κ2) is 11.3. The number of hydrogen-bond acceptors (Lipinski definition) is 6. The Morgan fingerprint density at radius 1 is 0.943 bits per heavy atom. The topological polar surface area (TPSA) is 96.0 Å². The minimum Gasteiger partial charge on any atom is -0.367 e. The molecule has 1 aliphatic carbocycles. The lowest BCUT2D eigenvalue weighted by Gasteiger charge is -2.28. The van der Waals surface area contributed by atoms with Gasteiger partial charge in [-0.3, -0.25) is 0 Å². The zero-order chi connectivity index (χ0) is 25.0. The van der Waals surface area contributed by atoms with E-state index in [1.807, 2.05) is 24.3 Å². The molecule has 1 aliphatic rings. The lowest BCUT2D eigenvalue weighted by molar-refractivity contribution is 0.284. The number of sulfonamides is 1. The van der Waals surface area contributed by atoms with E-state index >= 15 is 0 Å². The van der Waals surface area contributed by atoms with Crippen molar-refractivity contribution in [3.63, 3.8) is 0 Å². The minimum atomic E-state index is -3.65. The zero-order valence-electron chi connectivity index (χ0n) is 19.9. The van der Waals surface area contributed by atoms with Gasteiger partial charge in [0.15, 0.2) is 0 Å². The van der Waals surface area contributed by atoms with Gasteiger partial charge in [0.25, 0.3) is 0 Å². The Morgan fingerprint density at radius 2 is 1.57 bits per heavy atom. The van der Waals surface area contributed by atoms with E-state index in [-0.39, 0.29) is 10.9 Å². The molecule has 7 nitrogen and oxygen atoms in total. The van der Waals surface area contributed by atoms with Crippen LogP contribution in [0.15, 0.2) is 47.4 Å². The van der Waals surface area contributed by atoms with Crippen molar-refractivity contribution in [2.75, 3.05) is 23.7 Å². The molecule has 188 valence electrons. The van der Waals surface area contributed by atoms with E-state index in [9.17, 15) is 8.42 Å². The van der Waals surface area contributed by atoms with Crippen molar-refractivity contribution in [3.8, 4) is 0 Å². The van der Waals surface area contributed by atoms with Gasteiger partial charge in [0.2, 0.25) is 16.0 Å². The normalized spacial score (nSPS) is 18.7. The van der Waals surface area contributed by atoms with Crippen LogP contribution in [0.4, 0.5) is 11.8 Å². The molecule has 0 radical (unpaired) electrons. The first-order valence-electron chi connectivity index (χ1n) is 11.9. The van der Waals surface area contributed by atoms with Gasteiger partial charge in [-0.1, -0.05) is 35.3 Å². The Balaban J connectivity index is 1.29. The summed E-state index contributed by atoms with van der Waals surface area (Å²) in [4.78, 5) is 9.48. The molecule has 1 saturated carbocycles. The molecular formula is C25H31Cl2N5O2S. The highest BCUT2D eigenvalue weighted by Gasteiger charge is 2.24. The molecule has 10 heteroatoms. The van der Waals surface area contributed by atoms with Gasteiger partial charge in [-0.25, -0.2) is 18.1 Å². The molecule has 0 spiro atoms. The van der Waals surface area contributed by atoms with Crippen LogP contribution in [0.3, 0.4) is 0 Å². The highest BCUT2D eigenvalue weighted by Crippen LogP contribution is 2.30. The van der Waals surface area contributed by atoms with Crippen LogP contribution < -0.4 is 15.4 Å². The summed E-state index contributed by atoms with van der Waals surface area (Å²) in [5.41, 5.74) is 0.908. The minimum absolute atomic E-state index is 0.0922. The number of aromatic nitrogens is 2. The fourth-order valence-corrected chi connectivity index (χ4v) is 6.25. The van der Waals surface area contributed by atoms with E-state index in [2.05, 4.69) is 34.2 Å². The molecule has 35 heavy (non-hydrogen) atoms. The van der Waals surface area contributed by atoms with Gasteiger partial charge in [0, 0.05) is 34.6 Å². The van der Waals surface area contributed by atoms with Crippen LogP contribution >= 0.6 is 23.2 Å². The van der Waals surface area contributed by atoms with Gasteiger partial charge in [-0.2, -0.15) is 4.98 Å². The predicted molar refractivity (Wildman–Crippen MR) is 144 cm³/mol. The highest BCUT2D eigenvalue weighted by molar-refractivity contribution is 7.89. The molecule has 0 saturated heterocycles. The summed E-state index contributed by atoms with van der Waals surface area (Å²) >= 11 is 11.9. The van der Waals surface area contributed by atoms with E-state index in [1.165, 1.54) is 18.2 Å². The summed E-state index contributed by atoms with van der Waals surface area (Å²) in [6.45, 7) is 5.38. The molecule has 1 heterocycles. The molecular weight excluding hydrogens is 505 g/mol. The Labute approximate surface area is 217 Å². The summed E-state index contributed by atoms with van der Waals surface area (Å²) in [7, 11) is -3.65. The van der Waals surface area contributed by atoms with Gasteiger partial charge in [-0.15, -0.1) is 0 Å². The molecule has 0 unspecified atom stereocenters. The molecule has 3 aromatic rings. The second-order valence-corrected chi connectivity index (χ2v) is 12.1. The molecule has 0 atom stereocenters. The van der Waals surface area contributed by atoms with Gasteiger partial charge in [0.05, 0.1) is 10.4 Å². The number of benzene rings is 2. The summed E-state index contributed by atoms with van der Waals surface area (Å²) in [5.74, 6) is 2.26. The fraction of sp³-hybridized carbons (Fsp3) is 0.440. The Kier molecular flexibility index (Phi) is 8.37. The van der Waals surface area contributed by atoms with E-state index in [0.717, 1.165) is 48.9 Å². The SMILES string of the molecule is CC(C)Nc1nc(NCC2CCC(CNS(=O)(=O)c3cc(Cl)cc(Cl)c3)CC2)nc2ccccc12. The first kappa shape index (κ1) is 25.9. The van der Waals surface area contributed by atoms with E-state index in [4.69, 9.17) is 28.2 Å². The number of hydrogen-bond donors (Lipinski definition) is 3. The second-order valence-electron chi connectivity index (χ2n) is 9.44. The van der Waals surface area contributed by atoms with Crippen LogP contribution in [0, 0.1) is 11.8 Å². The van der Waals surface area contributed by atoms with Crippen molar-refractivity contribution in [3.05, 3.63) is 52.5 Å². The van der Waals surface area contributed by atoms with Crippen LogP contribution in [-0.2, 0) is 10.0 Å². The maximum absolute atomic E-state index is 12.6. The molecule has 0 amide bonds. The van der Waals surface area contributed by atoms with Crippen molar-refractivity contribution in [1.82, 2.24) is 14.7 Å². The van der Waals surface area contributed by atoms with E-state index in [0.29, 0.717) is 34.4 Å². The van der Waals surface area contributed by atoms with Crippen LogP contribution in [0.2, 0.25) is 10.0 Å². The first-order chi connectivity index (χ1) is 16.7. The average molecular weight is 537 g/mol. The Bertz CT molecular complexity index is 1260. The van der Waals surface area contributed by atoms with E-state index < -0.39 is 10.0 Å². The number of rotatable bonds is 9. The molecule has 3 N–H and O–H groups in total. The van der Waals surface area contributed by atoms with Crippen molar-refractivity contribution in [2.45, 2.75) is 50.5 Å². The molecule has 0 aliphatic heterocycles. The van der Waals surface area contributed by atoms with Crippen molar-refractivity contribution >= 4 is 55.9 Å². The lowest BCUT2D eigenvalue weighted by Crippen LogP contribution is -2.32. The van der Waals surface area contributed by atoms with Crippen molar-refractivity contribution in [1.29, 1.82) is 0 Å². The third-order valence-electron chi connectivity index (χ3n) is 6.25. The van der Waals surface area contributed by atoms with Gasteiger partial charge >= 0.3 is 0 Å². The monoisotopic (exact) mass is 535 g/mol. The number of para-hydroxylation sites is 1. The first-order valence-corrected chi connectivity index (χ1v) is 14.2. The number of anilines is 2. The fourth-order valence-electron chi connectivity index (χ4n) is 4.41. The van der Waals surface area contributed by atoms with Crippen molar-refractivity contribution < 1.29 is 8.42 Å². The predicted octanol–water partition coefficient (Wildman–Crippen LogP) is 5.95. The van der Waals surface area contributed by atoms with Crippen LogP contribution in [0.5, 0.6) is 0 Å². The van der Waals surface area contributed by atoms with Gasteiger partial charge < -0.3 is 10.6 Å². The van der Waals surface area contributed by atoms with Gasteiger partial charge in [-0.05, 0) is 81.7 Å². The third kappa shape index (κ3) is 6.97. The third-order valence-corrected chi connectivity index (χ3v) is 8.09. The summed E-state index contributed by atoms with van der Waals surface area (Å²) < 4.78 is 28.0. The number of nitrogens with one attached hydrogen (secondary N) is 3. The summed E-state index contributed by atoms with van der Waals surface area (Å²) in [6.07, 6.45) is 3.97. The van der Waals surface area contributed by atoms with Crippen LogP contribution in [0.1, 0.15) is 39.5 Å². The smallest absolute Gasteiger partial charge is 0.240 e. The molecule has 4 rings (SSSR count). The lowest BCUT2D eigenvalue weighted by atomic mass is 9.82. The molecule has 1 aromatic heterocycles. The Hall–Kier alpha value is -2.13.